The minimum absolute atomic E-state index is 0.161. The van der Waals surface area contributed by atoms with E-state index in [4.69, 9.17) is 10.00 Å². The number of phenols is 1. The Labute approximate surface area is 179 Å². The molecule has 3 aromatic carbocycles. The summed E-state index contributed by atoms with van der Waals surface area (Å²) in [4.78, 5) is -0.444. The fourth-order valence-corrected chi connectivity index (χ4v) is 4.77. The zero-order valence-corrected chi connectivity index (χ0v) is 17.7. The Balaban J connectivity index is 1.93. The number of sulfonamides is 2. The van der Waals surface area contributed by atoms with Crippen LogP contribution >= 0.6 is 0 Å². The van der Waals surface area contributed by atoms with Crippen molar-refractivity contribution in [2.24, 2.45) is 0 Å². The molecule has 0 aliphatic carbocycles. The number of rotatable bonds is 7. The summed E-state index contributed by atoms with van der Waals surface area (Å²) in [5, 5.41) is 18.9. The van der Waals surface area contributed by atoms with Crippen LogP contribution in [-0.4, -0.2) is 29.1 Å². The molecule has 0 aliphatic rings. The average molecular weight is 460 g/mol. The summed E-state index contributed by atoms with van der Waals surface area (Å²) in [6, 6.07) is 16.5. The normalized spacial score (nSPS) is 11.4. The molecule has 0 radical (unpaired) electrons. The largest absolute Gasteiger partial charge is 0.506 e. The highest BCUT2D eigenvalue weighted by atomic mass is 32.2. The average Bonchev–Trinajstić information content (AvgIpc) is 2.75. The van der Waals surface area contributed by atoms with Crippen LogP contribution in [0.4, 0.5) is 11.4 Å². The lowest BCUT2D eigenvalue weighted by Gasteiger charge is -2.14. The third-order valence-electron chi connectivity index (χ3n) is 4.17. The van der Waals surface area contributed by atoms with E-state index in [-0.39, 0.29) is 26.7 Å². The Morgan fingerprint density at radius 1 is 0.839 bits per heavy atom. The van der Waals surface area contributed by atoms with E-state index in [9.17, 15) is 21.9 Å². The fourth-order valence-electron chi connectivity index (χ4n) is 2.61. The summed E-state index contributed by atoms with van der Waals surface area (Å²) in [5.74, 6) is -0.167. The van der Waals surface area contributed by atoms with Gasteiger partial charge >= 0.3 is 0 Å². The van der Waals surface area contributed by atoms with Crippen LogP contribution in [0.25, 0.3) is 0 Å². The number of aromatic hydroxyl groups is 1. The predicted molar refractivity (Wildman–Crippen MR) is 114 cm³/mol. The third kappa shape index (κ3) is 4.88. The van der Waals surface area contributed by atoms with E-state index >= 15 is 0 Å². The maximum Gasteiger partial charge on any atom is 0.262 e. The molecule has 0 aromatic heterocycles. The van der Waals surface area contributed by atoms with Gasteiger partial charge in [-0.25, -0.2) is 16.8 Å². The summed E-state index contributed by atoms with van der Waals surface area (Å²) in [6.07, 6.45) is 0. The van der Waals surface area contributed by atoms with Crippen LogP contribution < -0.4 is 14.2 Å². The third-order valence-corrected chi connectivity index (χ3v) is 6.91. The van der Waals surface area contributed by atoms with Crippen molar-refractivity contribution in [2.75, 3.05) is 16.6 Å². The number of nitriles is 1. The van der Waals surface area contributed by atoms with Crippen molar-refractivity contribution in [2.45, 2.75) is 9.79 Å². The highest BCUT2D eigenvalue weighted by Crippen LogP contribution is 2.31. The van der Waals surface area contributed by atoms with E-state index in [2.05, 4.69) is 9.44 Å². The molecule has 0 heterocycles. The van der Waals surface area contributed by atoms with E-state index in [1.807, 2.05) is 6.07 Å². The van der Waals surface area contributed by atoms with Gasteiger partial charge in [0.15, 0.2) is 0 Å². The molecule has 0 fully saturated rings. The van der Waals surface area contributed by atoms with E-state index in [1.54, 1.807) is 18.2 Å². The Hall–Kier alpha value is -3.75. The lowest BCUT2D eigenvalue weighted by molar-refractivity contribution is 0.417. The molecule has 3 aromatic rings. The van der Waals surface area contributed by atoms with Gasteiger partial charge in [-0.2, -0.15) is 5.26 Å². The van der Waals surface area contributed by atoms with Crippen molar-refractivity contribution in [3.63, 3.8) is 0 Å². The maximum atomic E-state index is 12.8. The smallest absolute Gasteiger partial charge is 0.262 e. The van der Waals surface area contributed by atoms with Crippen LogP contribution in [0.15, 0.2) is 76.5 Å². The van der Waals surface area contributed by atoms with Crippen LogP contribution in [0.1, 0.15) is 5.56 Å². The molecule has 0 atom stereocenters. The molecule has 160 valence electrons. The van der Waals surface area contributed by atoms with Gasteiger partial charge in [0.2, 0.25) is 0 Å². The molecule has 9 nitrogen and oxygen atoms in total. The van der Waals surface area contributed by atoms with Gasteiger partial charge in [-0.15, -0.1) is 0 Å². The van der Waals surface area contributed by atoms with Gasteiger partial charge in [-0.1, -0.05) is 12.1 Å². The van der Waals surface area contributed by atoms with Crippen LogP contribution in [-0.2, 0) is 20.0 Å². The summed E-state index contributed by atoms with van der Waals surface area (Å²) in [7, 11) is -6.88. The number of nitrogens with one attached hydrogen (secondary N) is 2. The van der Waals surface area contributed by atoms with Crippen LogP contribution in [0.5, 0.6) is 11.5 Å². The second-order valence-corrected chi connectivity index (χ2v) is 9.59. The molecule has 31 heavy (non-hydrogen) atoms. The SMILES string of the molecule is COc1ccccc1NS(=O)(=O)c1ccc(O)c(NS(=O)(=O)c2ccc(C#N)cc2)c1. The first-order chi connectivity index (χ1) is 14.7. The van der Waals surface area contributed by atoms with Gasteiger partial charge < -0.3 is 9.84 Å². The highest BCUT2D eigenvalue weighted by Gasteiger charge is 2.21. The number of benzene rings is 3. The number of phenolic OH excluding ortho intramolecular Hbond substituents is 1. The molecule has 3 rings (SSSR count). The summed E-state index contributed by atoms with van der Waals surface area (Å²) in [5.41, 5.74) is 0.141. The number of para-hydroxylation sites is 2. The zero-order valence-electron chi connectivity index (χ0n) is 16.1. The molecule has 3 N–H and O–H groups in total. The van der Waals surface area contributed by atoms with Gasteiger partial charge in [0, 0.05) is 0 Å². The number of methoxy groups -OCH3 is 1. The molecule has 0 saturated heterocycles. The number of ether oxygens (including phenoxy) is 1. The lowest BCUT2D eigenvalue weighted by atomic mass is 10.2. The topological polar surface area (TPSA) is 146 Å². The molecule has 0 saturated carbocycles. The van der Waals surface area contributed by atoms with Crippen LogP contribution in [0.2, 0.25) is 0 Å². The second-order valence-electron chi connectivity index (χ2n) is 6.23. The number of hydrogen-bond acceptors (Lipinski definition) is 7. The van der Waals surface area contributed by atoms with Gasteiger partial charge in [0.25, 0.3) is 20.0 Å². The highest BCUT2D eigenvalue weighted by molar-refractivity contribution is 7.93. The first-order valence-corrected chi connectivity index (χ1v) is 11.6. The van der Waals surface area contributed by atoms with Gasteiger partial charge in [-0.05, 0) is 54.6 Å². The van der Waals surface area contributed by atoms with E-state index in [1.165, 1.54) is 37.4 Å². The molecule has 0 spiro atoms. The Kier molecular flexibility index (Phi) is 6.05. The van der Waals surface area contributed by atoms with Crippen LogP contribution in [0.3, 0.4) is 0 Å². The molecule has 0 bridgehead atoms. The van der Waals surface area contributed by atoms with Gasteiger partial charge in [0.05, 0.1) is 39.9 Å². The minimum atomic E-state index is -4.15. The van der Waals surface area contributed by atoms with Crippen molar-refractivity contribution < 1.29 is 26.7 Å². The number of nitrogens with zero attached hydrogens (tertiary/aromatic N) is 1. The second kappa shape index (κ2) is 8.55. The quantitative estimate of drug-likeness (QED) is 0.461. The van der Waals surface area contributed by atoms with Crippen molar-refractivity contribution in [3.05, 3.63) is 72.3 Å². The number of hydrogen-bond donors (Lipinski definition) is 3. The van der Waals surface area contributed by atoms with Crippen molar-refractivity contribution in [1.82, 2.24) is 0 Å². The van der Waals surface area contributed by atoms with Gasteiger partial charge in [0.1, 0.15) is 11.5 Å². The van der Waals surface area contributed by atoms with Crippen molar-refractivity contribution in [1.29, 1.82) is 5.26 Å². The van der Waals surface area contributed by atoms with Crippen LogP contribution in [0, 0.1) is 11.3 Å². The summed E-state index contributed by atoms with van der Waals surface area (Å²) in [6.45, 7) is 0. The predicted octanol–water partition coefficient (Wildman–Crippen LogP) is 2.87. The number of anilines is 2. The minimum Gasteiger partial charge on any atom is -0.506 e. The monoisotopic (exact) mass is 459 g/mol. The fraction of sp³-hybridized carbons (Fsp3) is 0.0500. The van der Waals surface area contributed by atoms with E-state index < -0.39 is 25.8 Å². The first kappa shape index (κ1) is 21.9. The Morgan fingerprint density at radius 2 is 1.42 bits per heavy atom. The lowest BCUT2D eigenvalue weighted by Crippen LogP contribution is -2.16. The molecule has 0 unspecified atom stereocenters. The van der Waals surface area contributed by atoms with E-state index in [0.29, 0.717) is 5.75 Å². The van der Waals surface area contributed by atoms with Gasteiger partial charge in [-0.3, -0.25) is 9.44 Å². The Morgan fingerprint density at radius 3 is 2.06 bits per heavy atom. The van der Waals surface area contributed by atoms with Crippen molar-refractivity contribution in [3.8, 4) is 17.6 Å². The molecule has 0 amide bonds. The summed E-state index contributed by atoms with van der Waals surface area (Å²) >= 11 is 0. The molecule has 11 heteroatoms. The Bertz CT molecular complexity index is 1360. The zero-order chi connectivity index (χ0) is 22.6. The molecular formula is C20H17N3O6S2. The first-order valence-electron chi connectivity index (χ1n) is 8.68. The standard InChI is InChI=1S/C20H17N3O6S2/c1-29-20-5-3-2-4-17(20)22-31(27,28)16-10-11-19(24)18(12-16)23-30(25,26)15-8-6-14(13-21)7-9-15/h2-12,22-24H,1H3. The maximum absolute atomic E-state index is 12.8. The van der Waals surface area contributed by atoms with Crippen molar-refractivity contribution >= 4 is 31.4 Å². The molecule has 0 aliphatic heterocycles. The van der Waals surface area contributed by atoms with E-state index in [0.717, 1.165) is 18.2 Å². The summed E-state index contributed by atoms with van der Waals surface area (Å²) < 4.78 is 60.4. The molecular weight excluding hydrogens is 442 g/mol.